The van der Waals surface area contributed by atoms with Gasteiger partial charge in [0.1, 0.15) is 0 Å². The van der Waals surface area contributed by atoms with Crippen molar-refractivity contribution in [3.63, 3.8) is 0 Å². The molecule has 0 bridgehead atoms. The SMILES string of the molecule is Cc1[nH]c(C=C2C(=O)Nc3ccccc32)c(CCC(=O)O)c1S(=O)(=O)c1ccccc1. The fraction of sp³-hybridized carbons (Fsp3) is 0.130. The number of carboxylic acids is 1. The smallest absolute Gasteiger partial charge is 0.303 e. The molecule has 3 N–H and O–H groups in total. The van der Waals surface area contributed by atoms with Crippen molar-refractivity contribution in [1.29, 1.82) is 0 Å². The number of hydrogen-bond acceptors (Lipinski definition) is 4. The molecule has 3 aromatic rings. The highest BCUT2D eigenvalue weighted by molar-refractivity contribution is 7.91. The van der Waals surface area contributed by atoms with Gasteiger partial charge in [0.2, 0.25) is 9.84 Å². The van der Waals surface area contributed by atoms with Gasteiger partial charge in [0.05, 0.1) is 15.4 Å². The topological polar surface area (TPSA) is 116 Å². The third-order valence-corrected chi connectivity index (χ3v) is 7.15. The lowest BCUT2D eigenvalue weighted by molar-refractivity contribution is -0.137. The van der Waals surface area contributed by atoms with Gasteiger partial charge < -0.3 is 15.4 Å². The minimum atomic E-state index is -3.89. The van der Waals surface area contributed by atoms with Crippen molar-refractivity contribution >= 4 is 39.1 Å². The Morgan fingerprint density at radius 3 is 2.45 bits per heavy atom. The van der Waals surface area contributed by atoms with E-state index < -0.39 is 15.8 Å². The van der Waals surface area contributed by atoms with Gasteiger partial charge in [-0.05, 0) is 43.2 Å². The van der Waals surface area contributed by atoms with Gasteiger partial charge in [0.15, 0.2) is 0 Å². The van der Waals surface area contributed by atoms with E-state index in [1.165, 1.54) is 12.1 Å². The number of H-pyrrole nitrogens is 1. The quantitative estimate of drug-likeness (QED) is 0.510. The Labute approximate surface area is 179 Å². The Bertz CT molecular complexity index is 1320. The number of aliphatic carboxylic acids is 1. The molecule has 31 heavy (non-hydrogen) atoms. The van der Waals surface area contributed by atoms with E-state index in [2.05, 4.69) is 10.3 Å². The van der Waals surface area contributed by atoms with Gasteiger partial charge in [-0.2, -0.15) is 0 Å². The predicted octanol–water partition coefficient (Wildman–Crippen LogP) is 3.67. The van der Waals surface area contributed by atoms with Crippen LogP contribution in [0.4, 0.5) is 5.69 Å². The summed E-state index contributed by atoms with van der Waals surface area (Å²) < 4.78 is 26.7. The summed E-state index contributed by atoms with van der Waals surface area (Å²) in [6, 6.07) is 15.2. The zero-order valence-electron chi connectivity index (χ0n) is 16.7. The molecule has 0 aliphatic carbocycles. The van der Waals surface area contributed by atoms with Crippen LogP contribution in [0.25, 0.3) is 11.6 Å². The molecule has 8 heteroatoms. The molecule has 2 aromatic carbocycles. The summed E-state index contributed by atoms with van der Waals surface area (Å²) in [6.07, 6.45) is 1.35. The van der Waals surface area contributed by atoms with Crippen LogP contribution in [0.15, 0.2) is 64.4 Å². The van der Waals surface area contributed by atoms with Gasteiger partial charge in [-0.3, -0.25) is 9.59 Å². The number of aromatic amines is 1. The van der Waals surface area contributed by atoms with Crippen molar-refractivity contribution in [2.24, 2.45) is 0 Å². The Morgan fingerprint density at radius 2 is 1.74 bits per heavy atom. The Kier molecular flexibility index (Phi) is 5.24. The summed E-state index contributed by atoms with van der Waals surface area (Å²) in [7, 11) is -3.89. The number of aromatic nitrogens is 1. The zero-order chi connectivity index (χ0) is 22.2. The second kappa shape index (κ2) is 7.88. The summed E-state index contributed by atoms with van der Waals surface area (Å²) in [5.74, 6) is -1.34. The lowest BCUT2D eigenvalue weighted by Gasteiger charge is -2.08. The van der Waals surface area contributed by atoms with Crippen LogP contribution in [0.1, 0.15) is 28.9 Å². The van der Waals surface area contributed by atoms with Crippen LogP contribution in [0.3, 0.4) is 0 Å². The van der Waals surface area contributed by atoms with Crippen LogP contribution in [-0.2, 0) is 25.8 Å². The second-order valence-electron chi connectivity index (χ2n) is 7.24. The molecule has 1 aliphatic heterocycles. The van der Waals surface area contributed by atoms with Crippen LogP contribution in [-0.4, -0.2) is 30.4 Å². The molecule has 7 nitrogen and oxygen atoms in total. The maximum Gasteiger partial charge on any atom is 0.303 e. The van der Waals surface area contributed by atoms with Crippen LogP contribution < -0.4 is 5.32 Å². The number of hydrogen-bond donors (Lipinski definition) is 3. The van der Waals surface area contributed by atoms with Gasteiger partial charge in [-0.1, -0.05) is 36.4 Å². The van der Waals surface area contributed by atoms with Crippen LogP contribution >= 0.6 is 0 Å². The molecule has 0 atom stereocenters. The molecule has 2 heterocycles. The van der Waals surface area contributed by atoms with E-state index in [1.807, 2.05) is 12.1 Å². The average molecular weight is 436 g/mol. The van der Waals surface area contributed by atoms with Crippen molar-refractivity contribution in [1.82, 2.24) is 4.98 Å². The summed E-state index contributed by atoms with van der Waals surface area (Å²) in [6.45, 7) is 1.63. The molecule has 1 aliphatic rings. The number of benzene rings is 2. The molecule has 0 fully saturated rings. The van der Waals surface area contributed by atoms with Crippen molar-refractivity contribution in [2.75, 3.05) is 5.32 Å². The highest BCUT2D eigenvalue weighted by atomic mass is 32.2. The molecule has 158 valence electrons. The van der Waals surface area contributed by atoms with Crippen LogP contribution in [0, 0.1) is 6.92 Å². The zero-order valence-corrected chi connectivity index (χ0v) is 17.5. The molecule has 0 saturated heterocycles. The lowest BCUT2D eigenvalue weighted by atomic mass is 10.0. The number of para-hydroxylation sites is 1. The van der Waals surface area contributed by atoms with Crippen LogP contribution in [0.2, 0.25) is 0 Å². The maximum absolute atomic E-state index is 13.4. The minimum absolute atomic E-state index is 0.00342. The Morgan fingerprint density at radius 1 is 1.06 bits per heavy atom. The number of fused-ring (bicyclic) bond motifs is 1. The monoisotopic (exact) mass is 436 g/mol. The van der Waals surface area contributed by atoms with E-state index in [0.717, 1.165) is 0 Å². The number of rotatable bonds is 6. The Balaban J connectivity index is 1.90. The highest BCUT2D eigenvalue weighted by Crippen LogP contribution is 2.36. The number of carbonyl (C=O) groups excluding carboxylic acids is 1. The number of carbonyl (C=O) groups is 2. The largest absolute Gasteiger partial charge is 0.481 e. The van der Waals surface area contributed by atoms with Gasteiger partial charge in [-0.15, -0.1) is 0 Å². The molecule has 0 saturated carbocycles. The molecule has 0 spiro atoms. The van der Waals surface area contributed by atoms with Gasteiger partial charge in [-0.25, -0.2) is 8.42 Å². The first-order valence-corrected chi connectivity index (χ1v) is 11.1. The number of carboxylic acid groups (broad SMARTS) is 1. The second-order valence-corrected chi connectivity index (χ2v) is 9.13. The standard InChI is InChI=1S/C23H20N2O5S/c1-14-22(31(29,30)15-7-3-2-4-8-15)17(11-12-21(26)27)20(24-14)13-18-16-9-5-6-10-19(16)25-23(18)28/h2-10,13,24H,11-12H2,1H3,(H,25,28)(H,26,27). The van der Waals surface area contributed by atoms with E-state index in [4.69, 9.17) is 0 Å². The van der Waals surface area contributed by atoms with Crippen molar-refractivity contribution in [3.05, 3.63) is 77.1 Å². The summed E-state index contributed by atoms with van der Waals surface area (Å²) in [5, 5.41) is 12.0. The highest BCUT2D eigenvalue weighted by Gasteiger charge is 2.29. The van der Waals surface area contributed by atoms with Gasteiger partial charge in [0.25, 0.3) is 5.91 Å². The average Bonchev–Trinajstić information content (AvgIpc) is 3.23. The van der Waals surface area contributed by atoms with Crippen molar-refractivity contribution in [3.8, 4) is 0 Å². The first-order chi connectivity index (χ1) is 14.8. The van der Waals surface area contributed by atoms with Crippen LogP contribution in [0.5, 0.6) is 0 Å². The van der Waals surface area contributed by atoms with Gasteiger partial charge >= 0.3 is 5.97 Å². The predicted molar refractivity (Wildman–Crippen MR) is 116 cm³/mol. The number of sulfone groups is 1. The Hall–Kier alpha value is -3.65. The fourth-order valence-corrected chi connectivity index (χ4v) is 5.54. The molecule has 0 unspecified atom stereocenters. The first-order valence-electron chi connectivity index (χ1n) is 9.65. The van der Waals surface area contributed by atoms with Crippen molar-refractivity contribution < 1.29 is 23.1 Å². The van der Waals surface area contributed by atoms with Crippen molar-refractivity contribution in [2.45, 2.75) is 29.6 Å². The summed E-state index contributed by atoms with van der Waals surface area (Å²) in [5.41, 5.74) is 2.92. The molecule has 1 aromatic heterocycles. The molecule has 1 amide bonds. The van der Waals surface area contributed by atoms with Gasteiger partial charge in [0, 0.05) is 29.1 Å². The first kappa shape index (κ1) is 20.6. The third kappa shape index (κ3) is 3.77. The van der Waals surface area contributed by atoms with E-state index in [9.17, 15) is 23.1 Å². The number of nitrogens with one attached hydrogen (secondary N) is 2. The fourth-order valence-electron chi connectivity index (χ4n) is 3.79. The minimum Gasteiger partial charge on any atom is -0.481 e. The van der Waals surface area contributed by atoms with E-state index in [1.54, 1.807) is 43.3 Å². The number of amides is 1. The third-order valence-electron chi connectivity index (χ3n) is 5.17. The number of anilines is 1. The molecular weight excluding hydrogens is 416 g/mol. The molecule has 4 rings (SSSR count). The molecule has 0 radical (unpaired) electrons. The number of aryl methyl sites for hydroxylation is 1. The lowest BCUT2D eigenvalue weighted by Crippen LogP contribution is -2.08. The normalized spacial score (nSPS) is 14.5. The maximum atomic E-state index is 13.4. The van der Waals surface area contributed by atoms with E-state index in [0.29, 0.717) is 33.8 Å². The van der Waals surface area contributed by atoms with E-state index >= 15 is 0 Å². The molecular formula is C23H20N2O5S. The van der Waals surface area contributed by atoms with E-state index in [-0.39, 0.29) is 28.5 Å². The summed E-state index contributed by atoms with van der Waals surface area (Å²) in [4.78, 5) is 27.0. The summed E-state index contributed by atoms with van der Waals surface area (Å²) >= 11 is 0.